The number of benzene rings is 2. The first kappa shape index (κ1) is 25.4. The molecule has 2 aromatic carbocycles. The second-order valence-corrected chi connectivity index (χ2v) is 9.75. The number of nitro groups is 1. The van der Waals surface area contributed by atoms with E-state index in [1.807, 2.05) is 0 Å². The summed E-state index contributed by atoms with van der Waals surface area (Å²) in [5.74, 6) is 0.347. The largest absolute Gasteiger partial charge is 0.463 e. The van der Waals surface area contributed by atoms with Gasteiger partial charge in [-0.15, -0.1) is 0 Å². The summed E-state index contributed by atoms with van der Waals surface area (Å²) in [5, 5.41) is 11.3. The van der Waals surface area contributed by atoms with E-state index in [0.717, 1.165) is 0 Å². The minimum Gasteiger partial charge on any atom is -0.463 e. The van der Waals surface area contributed by atoms with E-state index in [0.29, 0.717) is 42.7 Å². The number of aromatic nitrogens is 1. The quantitative estimate of drug-likeness (QED) is 0.197. The Morgan fingerprint density at radius 3 is 2.63 bits per heavy atom. The Hall–Kier alpha value is -4.28. The molecule has 0 aliphatic carbocycles. The number of rotatable bonds is 6. The van der Waals surface area contributed by atoms with Crippen molar-refractivity contribution in [3.63, 3.8) is 0 Å². The van der Waals surface area contributed by atoms with Gasteiger partial charge in [-0.25, -0.2) is 9.79 Å². The maximum Gasteiger partial charge on any atom is 0.338 e. The van der Waals surface area contributed by atoms with Crippen molar-refractivity contribution < 1.29 is 18.9 Å². The maximum absolute atomic E-state index is 13.7. The van der Waals surface area contributed by atoms with Crippen molar-refractivity contribution in [2.45, 2.75) is 19.9 Å². The monoisotopic (exact) mass is 549 g/mol. The van der Waals surface area contributed by atoms with E-state index < -0.39 is 16.9 Å². The number of hydrogen-bond donors (Lipinski definition) is 0. The van der Waals surface area contributed by atoms with Crippen molar-refractivity contribution in [1.29, 1.82) is 0 Å². The normalized spacial score (nSPS) is 15.2. The smallest absolute Gasteiger partial charge is 0.338 e. The minimum atomic E-state index is -0.812. The van der Waals surface area contributed by atoms with Crippen LogP contribution in [0.5, 0.6) is 0 Å². The van der Waals surface area contributed by atoms with Crippen molar-refractivity contribution in [2.75, 3.05) is 6.61 Å². The first-order valence-corrected chi connectivity index (χ1v) is 12.8. The van der Waals surface area contributed by atoms with E-state index >= 15 is 0 Å². The van der Waals surface area contributed by atoms with E-state index in [2.05, 4.69) is 4.99 Å². The van der Waals surface area contributed by atoms with Gasteiger partial charge in [-0.3, -0.25) is 19.5 Å². The summed E-state index contributed by atoms with van der Waals surface area (Å²) in [6.07, 6.45) is 1.60. The molecule has 1 aliphatic rings. The van der Waals surface area contributed by atoms with Gasteiger partial charge in [0.15, 0.2) is 4.80 Å². The summed E-state index contributed by atoms with van der Waals surface area (Å²) in [7, 11) is 0. The molecular weight excluding hydrogens is 530 g/mol. The lowest BCUT2D eigenvalue weighted by atomic mass is 9.96. The highest BCUT2D eigenvalue weighted by atomic mass is 35.5. The van der Waals surface area contributed by atoms with Crippen LogP contribution in [0.4, 0.5) is 5.69 Å². The zero-order chi connectivity index (χ0) is 27.0. The molecule has 0 bridgehead atoms. The van der Waals surface area contributed by atoms with Gasteiger partial charge in [0.25, 0.3) is 11.2 Å². The van der Waals surface area contributed by atoms with E-state index in [9.17, 15) is 19.7 Å². The molecule has 1 atom stereocenters. The fraction of sp³-hybridized carbons (Fsp3) is 0.148. The van der Waals surface area contributed by atoms with Crippen LogP contribution in [0.15, 0.2) is 86.1 Å². The number of esters is 1. The van der Waals surface area contributed by atoms with Gasteiger partial charge in [0.05, 0.1) is 27.3 Å². The van der Waals surface area contributed by atoms with Crippen LogP contribution in [-0.2, 0) is 9.53 Å². The summed E-state index contributed by atoms with van der Waals surface area (Å²) in [4.78, 5) is 42.1. The summed E-state index contributed by atoms with van der Waals surface area (Å²) < 4.78 is 13.0. The van der Waals surface area contributed by atoms with Crippen LogP contribution in [0.25, 0.3) is 17.4 Å². The molecule has 0 unspecified atom stereocenters. The maximum atomic E-state index is 13.7. The number of nitrogens with zero attached hydrogens (tertiary/aromatic N) is 3. The van der Waals surface area contributed by atoms with Crippen LogP contribution < -0.4 is 14.9 Å². The van der Waals surface area contributed by atoms with Crippen LogP contribution in [0.3, 0.4) is 0 Å². The van der Waals surface area contributed by atoms with Crippen molar-refractivity contribution in [1.82, 2.24) is 4.57 Å². The van der Waals surface area contributed by atoms with Crippen molar-refractivity contribution >= 4 is 40.7 Å². The molecule has 1 aliphatic heterocycles. The molecule has 5 rings (SSSR count). The van der Waals surface area contributed by atoms with Crippen LogP contribution >= 0.6 is 22.9 Å². The number of fused-ring (bicyclic) bond motifs is 1. The van der Waals surface area contributed by atoms with Crippen LogP contribution in [0, 0.1) is 10.1 Å². The standard InChI is InChI=1S/C27H20ClN3O6S/c1-3-36-26(33)23-15(2)29-27-30(24(23)19-6-4-5-7-20(19)28)25(32)22(38-27)14-18-12-13-21(37-18)16-8-10-17(11-9-16)31(34)35/h4-14,24H,3H2,1-2H3/b22-14+/t24-/m0/s1. The Kier molecular flexibility index (Phi) is 6.83. The third-order valence-electron chi connectivity index (χ3n) is 5.98. The second-order valence-electron chi connectivity index (χ2n) is 8.33. The average molecular weight is 550 g/mol. The van der Waals surface area contributed by atoms with Gasteiger partial charge in [-0.05, 0) is 49.7 Å². The molecule has 0 amide bonds. The molecule has 38 heavy (non-hydrogen) atoms. The van der Waals surface area contributed by atoms with E-state index in [-0.39, 0.29) is 23.4 Å². The summed E-state index contributed by atoms with van der Waals surface area (Å²) in [5.41, 5.74) is 1.55. The highest BCUT2D eigenvalue weighted by Gasteiger charge is 2.34. The minimum absolute atomic E-state index is 0.0211. The van der Waals surface area contributed by atoms with Crippen molar-refractivity contribution in [2.24, 2.45) is 4.99 Å². The fourth-order valence-corrected chi connectivity index (χ4v) is 5.51. The number of non-ortho nitro benzene ring substituents is 1. The summed E-state index contributed by atoms with van der Waals surface area (Å²) in [6.45, 7) is 3.59. The Balaban J connectivity index is 1.61. The Morgan fingerprint density at radius 1 is 1.21 bits per heavy atom. The van der Waals surface area contributed by atoms with Gasteiger partial charge in [-0.1, -0.05) is 41.1 Å². The first-order chi connectivity index (χ1) is 18.3. The second kappa shape index (κ2) is 10.2. The molecule has 0 N–H and O–H groups in total. The molecule has 0 saturated heterocycles. The van der Waals surface area contributed by atoms with Gasteiger partial charge in [0, 0.05) is 28.8 Å². The van der Waals surface area contributed by atoms with E-state index in [1.54, 1.807) is 68.5 Å². The number of allylic oxidation sites excluding steroid dienone is 1. The zero-order valence-electron chi connectivity index (χ0n) is 20.2. The number of thiazole rings is 1. The third-order valence-corrected chi connectivity index (χ3v) is 7.31. The Morgan fingerprint density at radius 2 is 1.95 bits per heavy atom. The lowest BCUT2D eigenvalue weighted by Crippen LogP contribution is -2.40. The first-order valence-electron chi connectivity index (χ1n) is 11.6. The number of hydrogen-bond acceptors (Lipinski definition) is 8. The van der Waals surface area contributed by atoms with Crippen LogP contribution in [-0.4, -0.2) is 22.1 Å². The number of carbonyl (C=O) groups is 1. The van der Waals surface area contributed by atoms with Crippen LogP contribution in [0.1, 0.15) is 31.2 Å². The predicted octanol–water partition coefficient (Wildman–Crippen LogP) is 4.62. The van der Waals surface area contributed by atoms with Crippen molar-refractivity contribution in [3.05, 3.63) is 118 Å². The number of furan rings is 1. The lowest BCUT2D eigenvalue weighted by molar-refractivity contribution is -0.384. The number of ether oxygens (including phenoxy) is 1. The van der Waals surface area contributed by atoms with Gasteiger partial charge < -0.3 is 9.15 Å². The topological polar surface area (TPSA) is 117 Å². The number of halogens is 1. The highest BCUT2D eigenvalue weighted by molar-refractivity contribution is 7.07. The average Bonchev–Trinajstić information content (AvgIpc) is 3.48. The fourth-order valence-electron chi connectivity index (χ4n) is 4.24. The van der Waals surface area contributed by atoms with Gasteiger partial charge in [-0.2, -0.15) is 0 Å². The molecule has 0 radical (unpaired) electrons. The van der Waals surface area contributed by atoms with E-state index in [1.165, 1.54) is 28.0 Å². The molecule has 0 fully saturated rings. The van der Waals surface area contributed by atoms with Gasteiger partial charge in [0.2, 0.25) is 0 Å². The molecule has 2 aromatic heterocycles. The van der Waals surface area contributed by atoms with Crippen molar-refractivity contribution in [3.8, 4) is 11.3 Å². The highest BCUT2D eigenvalue weighted by Crippen LogP contribution is 2.34. The number of carbonyl (C=O) groups excluding carboxylic acids is 1. The molecule has 0 saturated carbocycles. The molecule has 3 heterocycles. The van der Waals surface area contributed by atoms with Crippen LogP contribution in [0.2, 0.25) is 5.02 Å². The number of nitro benzene ring substituents is 1. The molecular formula is C27H20ClN3O6S. The Bertz CT molecular complexity index is 1780. The zero-order valence-corrected chi connectivity index (χ0v) is 21.8. The molecule has 11 heteroatoms. The lowest BCUT2D eigenvalue weighted by Gasteiger charge is -2.25. The van der Waals surface area contributed by atoms with Gasteiger partial charge in [0.1, 0.15) is 17.6 Å². The van der Waals surface area contributed by atoms with E-state index in [4.69, 9.17) is 20.8 Å². The predicted molar refractivity (Wildman–Crippen MR) is 143 cm³/mol. The Labute approximate surface area is 224 Å². The molecule has 4 aromatic rings. The molecule has 9 nitrogen and oxygen atoms in total. The molecule has 192 valence electrons. The SMILES string of the molecule is CCOC(=O)C1=C(C)N=c2s/c(=C/c3ccc(-c4ccc([N+](=O)[O-])cc4)o3)c(=O)n2[C@H]1c1ccccc1Cl. The van der Waals surface area contributed by atoms with Gasteiger partial charge >= 0.3 is 5.97 Å². The summed E-state index contributed by atoms with van der Waals surface area (Å²) in [6, 6.07) is 15.6. The third kappa shape index (κ3) is 4.59. The molecule has 0 spiro atoms. The summed E-state index contributed by atoms with van der Waals surface area (Å²) >= 11 is 7.68.